The summed E-state index contributed by atoms with van der Waals surface area (Å²) in [6, 6.07) is 30.8. The second-order valence-corrected chi connectivity index (χ2v) is 8.30. The van der Waals surface area contributed by atoms with Gasteiger partial charge in [-0.25, -0.2) is 0 Å². The average molecular weight is 470 g/mol. The summed E-state index contributed by atoms with van der Waals surface area (Å²) in [5, 5.41) is 2.46. The van der Waals surface area contributed by atoms with Gasteiger partial charge in [-0.05, 0) is 24.3 Å². The van der Waals surface area contributed by atoms with E-state index in [0.29, 0.717) is 20.1 Å². The van der Waals surface area contributed by atoms with E-state index in [2.05, 4.69) is 0 Å². The van der Waals surface area contributed by atoms with Gasteiger partial charge in [0, 0.05) is 53.5 Å². The molecule has 0 aliphatic heterocycles. The molecule has 0 aliphatic carbocycles. The lowest BCUT2D eigenvalue weighted by molar-refractivity contribution is 1.50. The molecule has 0 fully saturated rings. The second kappa shape index (κ2) is 9.29. The van der Waals surface area contributed by atoms with Crippen molar-refractivity contribution in [2.45, 2.75) is 0 Å². The van der Waals surface area contributed by atoms with Gasteiger partial charge in [0.2, 0.25) is 0 Å². The second-order valence-electron chi connectivity index (χ2n) is 6.67. The van der Waals surface area contributed by atoms with Gasteiger partial charge in [-0.2, -0.15) is 0 Å². The van der Waals surface area contributed by atoms with Gasteiger partial charge in [0.05, 0.1) is 0 Å². The fourth-order valence-corrected chi connectivity index (χ4v) is 4.41. The maximum absolute atomic E-state index is 6.68. The SMILES string of the molecule is Clc1ccccc1C(=C(c1ccccc1Cl)c1ccccc1Cl)c1ccccc1Cl. The zero-order valence-electron chi connectivity index (χ0n) is 15.7. The summed E-state index contributed by atoms with van der Waals surface area (Å²) in [4.78, 5) is 0. The normalized spacial score (nSPS) is 10.7. The van der Waals surface area contributed by atoms with Crippen molar-refractivity contribution in [2.75, 3.05) is 0 Å². The molecule has 0 nitrogen and oxygen atoms in total. The molecule has 0 heterocycles. The van der Waals surface area contributed by atoms with Gasteiger partial charge in [0.15, 0.2) is 0 Å². The van der Waals surface area contributed by atoms with Gasteiger partial charge in [-0.1, -0.05) is 119 Å². The molecular formula is C26H16Cl4. The third-order valence-electron chi connectivity index (χ3n) is 4.82. The Bertz CT molecular complexity index is 1050. The van der Waals surface area contributed by atoms with Crippen LogP contribution in [-0.2, 0) is 0 Å². The van der Waals surface area contributed by atoms with Crippen molar-refractivity contribution in [3.8, 4) is 0 Å². The summed E-state index contributed by atoms with van der Waals surface area (Å²) < 4.78 is 0. The van der Waals surface area contributed by atoms with E-state index in [1.807, 2.05) is 97.1 Å². The van der Waals surface area contributed by atoms with E-state index in [1.165, 1.54) is 0 Å². The molecule has 0 N–H and O–H groups in total. The third kappa shape index (κ3) is 4.15. The molecule has 0 bridgehead atoms. The zero-order valence-corrected chi connectivity index (χ0v) is 18.8. The Labute approximate surface area is 196 Å². The fraction of sp³-hybridized carbons (Fsp3) is 0. The third-order valence-corrected chi connectivity index (χ3v) is 6.14. The van der Waals surface area contributed by atoms with Crippen LogP contribution >= 0.6 is 46.4 Å². The lowest BCUT2D eigenvalue weighted by Crippen LogP contribution is -2.00. The highest BCUT2D eigenvalue weighted by atomic mass is 35.5. The molecule has 0 spiro atoms. The first kappa shape index (κ1) is 21.0. The minimum atomic E-state index is 0.615. The molecule has 0 saturated carbocycles. The van der Waals surface area contributed by atoms with E-state index in [-0.39, 0.29) is 0 Å². The Morgan fingerprint density at radius 3 is 0.733 bits per heavy atom. The lowest BCUT2D eigenvalue weighted by atomic mass is 9.85. The smallest absolute Gasteiger partial charge is 0.0484 e. The van der Waals surface area contributed by atoms with Gasteiger partial charge in [-0.15, -0.1) is 0 Å². The summed E-state index contributed by atoms with van der Waals surface area (Å²) in [5.41, 5.74) is 5.13. The maximum atomic E-state index is 6.68. The first-order valence-electron chi connectivity index (χ1n) is 9.32. The van der Waals surface area contributed by atoms with Gasteiger partial charge in [-0.3, -0.25) is 0 Å². The molecule has 4 heteroatoms. The summed E-state index contributed by atoms with van der Waals surface area (Å²) in [5.74, 6) is 0. The number of hydrogen-bond acceptors (Lipinski definition) is 0. The van der Waals surface area contributed by atoms with E-state index in [0.717, 1.165) is 33.4 Å². The van der Waals surface area contributed by atoms with Crippen LogP contribution in [0.15, 0.2) is 97.1 Å². The summed E-state index contributed by atoms with van der Waals surface area (Å²) in [6.07, 6.45) is 0. The van der Waals surface area contributed by atoms with Crippen LogP contribution in [-0.4, -0.2) is 0 Å². The Morgan fingerprint density at radius 1 is 0.333 bits per heavy atom. The Kier molecular flexibility index (Phi) is 6.51. The predicted molar refractivity (Wildman–Crippen MR) is 131 cm³/mol. The highest BCUT2D eigenvalue weighted by Crippen LogP contribution is 2.44. The molecule has 0 unspecified atom stereocenters. The minimum absolute atomic E-state index is 0.615. The topological polar surface area (TPSA) is 0 Å². The first-order valence-corrected chi connectivity index (χ1v) is 10.8. The number of hydrogen-bond donors (Lipinski definition) is 0. The van der Waals surface area contributed by atoms with Crippen LogP contribution in [0.1, 0.15) is 22.3 Å². The highest BCUT2D eigenvalue weighted by Gasteiger charge is 2.22. The molecule has 148 valence electrons. The molecule has 4 aromatic rings. The highest BCUT2D eigenvalue weighted by molar-refractivity contribution is 6.38. The molecule has 30 heavy (non-hydrogen) atoms. The van der Waals surface area contributed by atoms with Gasteiger partial charge >= 0.3 is 0 Å². The van der Waals surface area contributed by atoms with Crippen LogP contribution in [0.2, 0.25) is 20.1 Å². The number of rotatable bonds is 4. The minimum Gasteiger partial charge on any atom is -0.0837 e. The number of benzene rings is 4. The largest absolute Gasteiger partial charge is 0.0837 e. The van der Waals surface area contributed by atoms with E-state index in [9.17, 15) is 0 Å². The van der Waals surface area contributed by atoms with Gasteiger partial charge < -0.3 is 0 Å². The fourth-order valence-electron chi connectivity index (χ4n) is 3.48. The van der Waals surface area contributed by atoms with E-state index < -0.39 is 0 Å². The molecule has 0 aliphatic rings. The zero-order chi connectivity index (χ0) is 21.1. The van der Waals surface area contributed by atoms with Crippen LogP contribution in [0.4, 0.5) is 0 Å². The van der Waals surface area contributed by atoms with Crippen molar-refractivity contribution in [1.82, 2.24) is 0 Å². The van der Waals surface area contributed by atoms with Gasteiger partial charge in [0.1, 0.15) is 0 Å². The van der Waals surface area contributed by atoms with E-state index >= 15 is 0 Å². The van der Waals surface area contributed by atoms with Crippen LogP contribution in [0.25, 0.3) is 11.1 Å². The van der Waals surface area contributed by atoms with E-state index in [4.69, 9.17) is 46.4 Å². The molecule has 0 atom stereocenters. The number of halogens is 4. The standard InChI is InChI=1S/C26H16Cl4/c27-21-13-5-1-9-17(21)25(18-10-2-6-14-22(18)28)26(19-11-3-7-15-23(19)29)20-12-4-8-16-24(20)30/h1-16H. The summed E-state index contributed by atoms with van der Waals surface area (Å²) in [7, 11) is 0. The molecule has 0 saturated heterocycles. The van der Waals surface area contributed by atoms with Crippen molar-refractivity contribution in [2.24, 2.45) is 0 Å². The quantitative estimate of drug-likeness (QED) is 0.261. The first-order chi connectivity index (χ1) is 14.6. The Hall–Kier alpha value is -2.22. The monoisotopic (exact) mass is 468 g/mol. The van der Waals surface area contributed by atoms with Crippen LogP contribution < -0.4 is 0 Å². The molecule has 0 radical (unpaired) electrons. The van der Waals surface area contributed by atoms with Crippen molar-refractivity contribution in [1.29, 1.82) is 0 Å². The van der Waals surface area contributed by atoms with Crippen LogP contribution in [0, 0.1) is 0 Å². The lowest BCUT2D eigenvalue weighted by Gasteiger charge is -2.21. The summed E-state index contributed by atoms with van der Waals surface area (Å²) in [6.45, 7) is 0. The molecule has 0 aromatic heterocycles. The summed E-state index contributed by atoms with van der Waals surface area (Å²) >= 11 is 26.7. The molecule has 4 rings (SSSR count). The molecular weight excluding hydrogens is 454 g/mol. The van der Waals surface area contributed by atoms with Gasteiger partial charge in [0.25, 0.3) is 0 Å². The van der Waals surface area contributed by atoms with Crippen molar-refractivity contribution in [3.63, 3.8) is 0 Å². The van der Waals surface area contributed by atoms with Crippen molar-refractivity contribution in [3.05, 3.63) is 139 Å². The van der Waals surface area contributed by atoms with E-state index in [1.54, 1.807) is 0 Å². The van der Waals surface area contributed by atoms with Crippen LogP contribution in [0.5, 0.6) is 0 Å². The Morgan fingerprint density at radius 2 is 0.533 bits per heavy atom. The average Bonchev–Trinajstić information content (AvgIpc) is 2.75. The Balaban J connectivity index is 2.23. The van der Waals surface area contributed by atoms with Crippen LogP contribution in [0.3, 0.4) is 0 Å². The van der Waals surface area contributed by atoms with Crippen molar-refractivity contribution >= 4 is 57.5 Å². The molecule has 0 amide bonds. The predicted octanol–water partition coefficient (Wildman–Crippen LogP) is 9.31. The maximum Gasteiger partial charge on any atom is 0.0484 e. The molecule has 4 aromatic carbocycles. The van der Waals surface area contributed by atoms with Crippen molar-refractivity contribution < 1.29 is 0 Å².